The zero-order chi connectivity index (χ0) is 6.41. The highest BCUT2D eigenvalue weighted by molar-refractivity contribution is 7.99. The fourth-order valence-corrected chi connectivity index (χ4v) is 0.747. The molecule has 0 bridgehead atoms. The van der Waals surface area contributed by atoms with Gasteiger partial charge in [0.1, 0.15) is 0 Å². The van der Waals surface area contributed by atoms with Gasteiger partial charge in [0.2, 0.25) is 0 Å². The summed E-state index contributed by atoms with van der Waals surface area (Å²) >= 11 is 1.84. The van der Waals surface area contributed by atoms with E-state index in [4.69, 9.17) is 6.42 Å². The highest BCUT2D eigenvalue weighted by atomic mass is 32.2. The van der Waals surface area contributed by atoms with Gasteiger partial charge >= 0.3 is 0 Å². The van der Waals surface area contributed by atoms with Gasteiger partial charge in [-0.15, -0.1) is 0 Å². The first kappa shape index (κ1) is 7.91. The van der Waals surface area contributed by atoms with Crippen LogP contribution < -0.4 is 0 Å². The van der Waals surface area contributed by atoms with Gasteiger partial charge in [-0.05, 0) is 19.1 Å². The molecule has 0 amide bonds. The van der Waals surface area contributed by atoms with E-state index in [-0.39, 0.29) is 0 Å². The fourth-order valence-electron chi connectivity index (χ4n) is 0.393. The molecule has 1 heteroatoms. The average Bonchev–Trinajstić information content (AvgIpc) is 1.83. The Kier molecular flexibility index (Phi) is 5.00. The molecule has 1 unspecified atom stereocenters. The third-order valence-electron chi connectivity index (χ3n) is 1.08. The molecule has 0 aromatic heterocycles. The molecule has 0 aliphatic carbocycles. The Morgan fingerprint density at radius 2 is 2.38 bits per heavy atom. The van der Waals surface area contributed by atoms with Crippen molar-refractivity contribution in [2.45, 2.75) is 25.0 Å². The summed E-state index contributed by atoms with van der Waals surface area (Å²) in [6.45, 7) is 2.17. The first-order valence-electron chi connectivity index (χ1n) is 2.73. The number of hydrogen-bond acceptors (Lipinski definition) is 1. The van der Waals surface area contributed by atoms with Crippen LogP contribution in [0.5, 0.6) is 0 Å². The molecule has 0 aliphatic heterocycles. The van der Waals surface area contributed by atoms with Crippen LogP contribution in [0.1, 0.15) is 19.8 Å². The Balaban J connectivity index is 3.01. The number of hydrogen-bond donors (Lipinski definition) is 0. The normalized spacial score (nSPS) is 12.6. The molecule has 0 aromatic carbocycles. The van der Waals surface area contributed by atoms with E-state index in [2.05, 4.69) is 19.1 Å². The Morgan fingerprint density at radius 1 is 1.75 bits per heavy atom. The Morgan fingerprint density at radius 3 is 2.75 bits per heavy atom. The van der Waals surface area contributed by atoms with Crippen LogP contribution in [-0.2, 0) is 0 Å². The summed E-state index contributed by atoms with van der Waals surface area (Å²) in [5, 5.41) is 0.688. The van der Waals surface area contributed by atoms with Crippen LogP contribution in [-0.4, -0.2) is 11.5 Å². The van der Waals surface area contributed by atoms with E-state index in [0.29, 0.717) is 5.25 Å². The van der Waals surface area contributed by atoms with Gasteiger partial charge in [-0.1, -0.05) is 12.8 Å². The van der Waals surface area contributed by atoms with Crippen LogP contribution >= 0.6 is 11.8 Å². The second-order valence-electron chi connectivity index (χ2n) is 1.76. The third-order valence-corrected chi connectivity index (χ3v) is 2.12. The molecule has 0 N–H and O–H groups in total. The maximum absolute atomic E-state index is 6.61. The molecular formula is C7H11S. The Labute approximate surface area is 56.1 Å². The van der Waals surface area contributed by atoms with Crippen LogP contribution in [0.25, 0.3) is 0 Å². The molecule has 1 atom stereocenters. The summed E-state index contributed by atoms with van der Waals surface area (Å²) in [7, 11) is 0. The summed E-state index contributed by atoms with van der Waals surface area (Å²) in [5.41, 5.74) is 0. The standard InChI is InChI=1S/C7H11S/c1-4-5-6-7(2)8-3/h7H,5-6H2,2-3H3. The van der Waals surface area contributed by atoms with Crippen molar-refractivity contribution < 1.29 is 0 Å². The number of rotatable bonds is 3. The summed E-state index contributed by atoms with van der Waals surface area (Å²) in [4.78, 5) is 0. The van der Waals surface area contributed by atoms with Crippen LogP contribution in [0.2, 0.25) is 0 Å². The van der Waals surface area contributed by atoms with E-state index >= 15 is 0 Å². The van der Waals surface area contributed by atoms with Gasteiger partial charge in [-0.3, -0.25) is 0 Å². The maximum Gasteiger partial charge on any atom is 0.0109 e. The van der Waals surface area contributed by atoms with Crippen molar-refractivity contribution in [1.29, 1.82) is 0 Å². The molecule has 0 aromatic rings. The molecule has 0 saturated carbocycles. The Hall–Kier alpha value is -0.0900. The summed E-state index contributed by atoms with van der Waals surface area (Å²) < 4.78 is 0. The van der Waals surface area contributed by atoms with Gasteiger partial charge in [-0.2, -0.15) is 11.8 Å². The second kappa shape index (κ2) is 5.05. The first-order valence-corrected chi connectivity index (χ1v) is 4.02. The van der Waals surface area contributed by atoms with E-state index in [9.17, 15) is 0 Å². The lowest BCUT2D eigenvalue weighted by molar-refractivity contribution is 0.848. The largest absolute Gasteiger partial charge is 0.162 e. The van der Waals surface area contributed by atoms with Crippen molar-refractivity contribution >= 4 is 11.8 Å². The van der Waals surface area contributed by atoms with E-state index in [1.54, 1.807) is 0 Å². The van der Waals surface area contributed by atoms with Crippen LogP contribution in [0.15, 0.2) is 0 Å². The van der Waals surface area contributed by atoms with Crippen LogP contribution in [0.3, 0.4) is 0 Å². The quantitative estimate of drug-likeness (QED) is 0.523. The number of thioether (sulfide) groups is 1. The van der Waals surface area contributed by atoms with Gasteiger partial charge in [0.25, 0.3) is 0 Å². The maximum atomic E-state index is 6.61. The van der Waals surface area contributed by atoms with Gasteiger partial charge in [0.05, 0.1) is 0 Å². The molecule has 0 heterocycles. The average molecular weight is 127 g/mol. The van der Waals surface area contributed by atoms with Crippen molar-refractivity contribution in [2.24, 2.45) is 0 Å². The lowest BCUT2D eigenvalue weighted by Crippen LogP contribution is -1.91. The molecule has 1 radical (unpaired) electrons. The van der Waals surface area contributed by atoms with Crippen LogP contribution in [0.4, 0.5) is 0 Å². The predicted molar refractivity (Wildman–Crippen MR) is 39.3 cm³/mol. The summed E-state index contributed by atoms with van der Waals surface area (Å²) in [6, 6.07) is 0. The molecule has 0 fully saturated rings. The van der Waals surface area contributed by atoms with Crippen molar-refractivity contribution in [3.05, 3.63) is 6.42 Å². The molecule has 0 nitrogen and oxygen atoms in total. The minimum Gasteiger partial charge on any atom is -0.162 e. The SMILES string of the molecule is [C]#CCCC(C)SC. The molecule has 8 heavy (non-hydrogen) atoms. The zero-order valence-corrected chi connectivity index (χ0v) is 6.22. The molecule has 0 rings (SSSR count). The topological polar surface area (TPSA) is 0 Å². The van der Waals surface area contributed by atoms with Gasteiger partial charge < -0.3 is 0 Å². The smallest absolute Gasteiger partial charge is 0.0109 e. The molecule has 0 saturated heterocycles. The first-order chi connectivity index (χ1) is 3.81. The lowest BCUT2D eigenvalue weighted by atomic mass is 10.3. The van der Waals surface area contributed by atoms with Crippen molar-refractivity contribution in [1.82, 2.24) is 0 Å². The summed E-state index contributed by atoms with van der Waals surface area (Å²) in [6.07, 6.45) is 10.6. The third kappa shape index (κ3) is 4.08. The molecular weight excluding hydrogens is 116 g/mol. The molecule has 45 valence electrons. The van der Waals surface area contributed by atoms with Crippen LogP contribution in [0, 0.1) is 12.3 Å². The minimum atomic E-state index is 0.688. The van der Waals surface area contributed by atoms with E-state index in [1.807, 2.05) is 11.8 Å². The highest BCUT2D eigenvalue weighted by Crippen LogP contribution is 2.10. The molecule has 0 aliphatic rings. The molecule has 0 spiro atoms. The predicted octanol–water partition coefficient (Wildman–Crippen LogP) is 2.11. The lowest BCUT2D eigenvalue weighted by Gasteiger charge is -2.01. The minimum absolute atomic E-state index is 0.688. The van der Waals surface area contributed by atoms with Gasteiger partial charge in [0.15, 0.2) is 0 Å². The monoisotopic (exact) mass is 127 g/mol. The zero-order valence-electron chi connectivity index (χ0n) is 5.40. The van der Waals surface area contributed by atoms with Crippen molar-refractivity contribution in [2.75, 3.05) is 6.26 Å². The van der Waals surface area contributed by atoms with Gasteiger partial charge in [-0.25, -0.2) is 0 Å². The van der Waals surface area contributed by atoms with Gasteiger partial charge in [0, 0.05) is 11.7 Å². The van der Waals surface area contributed by atoms with E-state index < -0.39 is 0 Å². The fraction of sp³-hybridized carbons (Fsp3) is 0.714. The Bertz CT molecular complexity index is 80.9. The van der Waals surface area contributed by atoms with E-state index in [0.717, 1.165) is 12.8 Å². The highest BCUT2D eigenvalue weighted by Gasteiger charge is 1.94. The summed E-state index contributed by atoms with van der Waals surface area (Å²) in [5.74, 6) is 2.37. The van der Waals surface area contributed by atoms with Crippen molar-refractivity contribution in [3.8, 4) is 5.92 Å². The van der Waals surface area contributed by atoms with Crippen molar-refractivity contribution in [3.63, 3.8) is 0 Å². The van der Waals surface area contributed by atoms with E-state index in [1.165, 1.54) is 0 Å². The second-order valence-corrected chi connectivity index (χ2v) is 3.04.